The molecule has 0 saturated heterocycles. The second-order valence-corrected chi connectivity index (χ2v) is 5.18. The van der Waals surface area contributed by atoms with Gasteiger partial charge in [-0.2, -0.15) is 17.5 Å². The van der Waals surface area contributed by atoms with Gasteiger partial charge in [0.05, 0.1) is 0 Å². The summed E-state index contributed by atoms with van der Waals surface area (Å²) in [6.07, 6.45) is 2.30. The molecule has 0 saturated carbocycles. The first-order chi connectivity index (χ1) is 9.15. The molecule has 0 aliphatic carbocycles. The van der Waals surface area contributed by atoms with Gasteiger partial charge in [0.25, 0.3) is 0 Å². The zero-order valence-electron chi connectivity index (χ0n) is 13.3. The summed E-state index contributed by atoms with van der Waals surface area (Å²) in [4.78, 5) is 9.87. The normalized spacial score (nSPS) is 7.77. The zero-order chi connectivity index (χ0) is 14.5. The number of fused-ring (bicyclic) bond motifs is 1. The molecule has 2 aromatic carbocycles. The summed E-state index contributed by atoms with van der Waals surface area (Å²) in [6, 6.07) is 14.7. The van der Waals surface area contributed by atoms with Crippen molar-refractivity contribution in [1.29, 1.82) is 0 Å². The fraction of sp³-hybridized carbons (Fsp3) is 0.375. The van der Waals surface area contributed by atoms with Crippen molar-refractivity contribution < 1.29 is 55.5 Å². The first-order valence-electron chi connectivity index (χ1n) is 6.59. The van der Waals surface area contributed by atoms with Gasteiger partial charge in [-0.25, -0.2) is 0 Å². The van der Waals surface area contributed by atoms with Gasteiger partial charge >= 0.3 is 25.8 Å². The Bertz CT molecular complexity index is 436. The molecule has 1 amide bonds. The fourth-order valence-corrected chi connectivity index (χ4v) is 1.41. The van der Waals surface area contributed by atoms with Crippen LogP contribution in [0, 0.1) is 0 Å². The Morgan fingerprint density at radius 3 is 2.14 bits per heavy atom. The molecule has 0 heterocycles. The van der Waals surface area contributed by atoms with Gasteiger partial charge in [0.1, 0.15) is 0 Å². The number of unbranched alkanes of at least 4 members (excludes halogenated alkanes) is 1. The van der Waals surface area contributed by atoms with Crippen LogP contribution in [0.2, 0.25) is 13.1 Å². The maximum atomic E-state index is 9.87. The first kappa shape index (κ1) is 29.9. The predicted molar refractivity (Wildman–Crippen MR) is 85.9 cm³/mol. The van der Waals surface area contributed by atoms with Crippen molar-refractivity contribution >= 4 is 26.2 Å². The van der Waals surface area contributed by atoms with Gasteiger partial charge < -0.3 is 35.3 Å². The minimum Gasteiger partial charge on any atom is -1.00 e. The third-order valence-electron chi connectivity index (χ3n) is 2.30. The molecule has 2 rings (SSSR count). The zero-order valence-corrected chi connectivity index (χ0v) is 19.4. The summed E-state index contributed by atoms with van der Waals surface area (Å²) in [5.74, 6) is -0.443. The molecule has 0 aromatic heterocycles. The number of hydrogen-bond acceptors (Lipinski definition) is 1. The Labute approximate surface area is 168 Å². The van der Waals surface area contributed by atoms with Crippen LogP contribution < -0.4 is 24.8 Å². The summed E-state index contributed by atoms with van der Waals surface area (Å²) in [7, 11) is 1.08. The van der Waals surface area contributed by atoms with Crippen molar-refractivity contribution in [2.75, 3.05) is 0 Å². The fourth-order valence-electron chi connectivity index (χ4n) is 1.41. The molecule has 120 valence electrons. The molecular formula is C16H23Cl2HfNOSi. The SMILES string of the molecule is CCCCC([NH-])=O.C[Si]C.[Cl-].[Cl-].[Hf+4].c1ccc2[cH-]ccc2c1. The van der Waals surface area contributed by atoms with Crippen LogP contribution in [0.4, 0.5) is 0 Å². The predicted octanol–water partition coefficient (Wildman–Crippen LogP) is -0.894. The molecule has 0 spiro atoms. The van der Waals surface area contributed by atoms with Crippen molar-refractivity contribution in [3.8, 4) is 0 Å². The molecule has 0 unspecified atom stereocenters. The van der Waals surface area contributed by atoms with E-state index in [2.05, 4.69) is 55.6 Å². The minimum atomic E-state index is -0.443. The molecule has 2 nitrogen and oxygen atoms in total. The van der Waals surface area contributed by atoms with E-state index < -0.39 is 5.91 Å². The van der Waals surface area contributed by atoms with Crippen LogP contribution in [0.25, 0.3) is 16.5 Å². The second-order valence-electron chi connectivity index (χ2n) is 4.18. The van der Waals surface area contributed by atoms with E-state index in [9.17, 15) is 4.79 Å². The Morgan fingerprint density at radius 2 is 1.73 bits per heavy atom. The van der Waals surface area contributed by atoms with Crippen LogP contribution in [-0.4, -0.2) is 15.4 Å². The summed E-state index contributed by atoms with van der Waals surface area (Å²) in [5, 5.41) is 2.66. The van der Waals surface area contributed by atoms with Gasteiger partial charge in [0, 0.05) is 15.4 Å². The van der Waals surface area contributed by atoms with Gasteiger partial charge in [-0.3, -0.25) is 0 Å². The third kappa shape index (κ3) is 16.3. The van der Waals surface area contributed by atoms with E-state index in [0.717, 1.165) is 22.4 Å². The number of carbonyl (C=O) groups excluding carboxylic acids is 1. The largest absolute Gasteiger partial charge is 4.00 e. The molecule has 1 N–H and O–H groups in total. The smallest absolute Gasteiger partial charge is 1.00 e. The quantitative estimate of drug-likeness (QED) is 0.381. The molecule has 0 atom stereocenters. The Hall–Kier alpha value is -0.0330. The molecule has 22 heavy (non-hydrogen) atoms. The van der Waals surface area contributed by atoms with Gasteiger partial charge in [0.15, 0.2) is 0 Å². The molecular weight excluding hydrogens is 500 g/mol. The Morgan fingerprint density at radius 1 is 1.18 bits per heavy atom. The van der Waals surface area contributed by atoms with Crippen molar-refractivity contribution in [1.82, 2.24) is 0 Å². The van der Waals surface area contributed by atoms with Gasteiger partial charge in [-0.05, 0) is 12.8 Å². The van der Waals surface area contributed by atoms with Crippen LogP contribution in [0.15, 0.2) is 42.5 Å². The Balaban J connectivity index is -0.000000115. The van der Waals surface area contributed by atoms with Crippen LogP contribution >= 0.6 is 0 Å². The van der Waals surface area contributed by atoms with Crippen LogP contribution in [0.1, 0.15) is 26.2 Å². The average molecular weight is 523 g/mol. The Kier molecular flexibility index (Phi) is 28.5. The molecule has 0 aliphatic heterocycles. The molecule has 6 heteroatoms. The number of hydrogen-bond donors (Lipinski definition) is 0. The van der Waals surface area contributed by atoms with Crippen molar-refractivity contribution in [2.45, 2.75) is 39.3 Å². The summed E-state index contributed by atoms with van der Waals surface area (Å²) >= 11 is 0. The van der Waals surface area contributed by atoms with E-state index in [1.807, 2.05) is 6.92 Å². The van der Waals surface area contributed by atoms with Crippen LogP contribution in [0.5, 0.6) is 0 Å². The third-order valence-corrected chi connectivity index (χ3v) is 2.30. The van der Waals surface area contributed by atoms with Crippen molar-refractivity contribution in [2.24, 2.45) is 0 Å². The van der Waals surface area contributed by atoms with Gasteiger partial charge in [0.2, 0.25) is 0 Å². The van der Waals surface area contributed by atoms with Crippen molar-refractivity contribution in [3.63, 3.8) is 0 Å². The average Bonchev–Trinajstić information content (AvgIpc) is 2.86. The van der Waals surface area contributed by atoms with E-state index in [1.165, 1.54) is 10.8 Å². The van der Waals surface area contributed by atoms with E-state index in [1.54, 1.807) is 0 Å². The van der Waals surface area contributed by atoms with E-state index >= 15 is 0 Å². The standard InChI is InChI=1S/C9H7.C5H11NO.C2H6Si.2ClH.Hf/c1-2-5-9-7-3-6-8(9)4-1;1-2-3-4-5(6)7;1-3-2;;;/h1-7H;2-4H2,1H3,(H2,6,7);1-2H3;2*1H;/q-1;;;;;+4/p-3. The maximum absolute atomic E-state index is 9.87. The summed E-state index contributed by atoms with van der Waals surface area (Å²) in [6.45, 7) is 6.31. The number of nitrogens with one attached hydrogen (secondary N) is 1. The number of carbonyl (C=O) groups is 1. The molecule has 0 bridgehead atoms. The van der Waals surface area contributed by atoms with Crippen molar-refractivity contribution in [3.05, 3.63) is 48.2 Å². The summed E-state index contributed by atoms with van der Waals surface area (Å²) < 4.78 is 0. The molecule has 0 fully saturated rings. The molecule has 2 radical (unpaired) electrons. The molecule has 2 aromatic rings. The number of rotatable bonds is 3. The number of amides is 1. The van der Waals surface area contributed by atoms with E-state index in [0.29, 0.717) is 6.42 Å². The molecule has 0 aliphatic rings. The van der Waals surface area contributed by atoms with E-state index in [-0.39, 0.29) is 50.7 Å². The topological polar surface area (TPSA) is 40.9 Å². The minimum absolute atomic E-state index is 0. The second kappa shape index (κ2) is 21.0. The number of halogens is 2. The monoisotopic (exact) mass is 523 g/mol. The summed E-state index contributed by atoms with van der Waals surface area (Å²) in [5.41, 5.74) is 6.44. The number of benzene rings is 1. The van der Waals surface area contributed by atoms with Crippen LogP contribution in [-0.2, 0) is 30.6 Å². The maximum Gasteiger partial charge on any atom is 4.00 e. The van der Waals surface area contributed by atoms with Gasteiger partial charge in [-0.15, -0.1) is 29.7 Å². The van der Waals surface area contributed by atoms with E-state index in [4.69, 9.17) is 5.73 Å². The first-order valence-corrected chi connectivity index (χ1v) is 8.59. The van der Waals surface area contributed by atoms with Gasteiger partial charge in [-0.1, -0.05) is 32.5 Å². The van der Waals surface area contributed by atoms with Crippen LogP contribution in [0.3, 0.4) is 0 Å².